The van der Waals surface area contributed by atoms with Crippen molar-refractivity contribution in [2.45, 2.75) is 108 Å². The van der Waals surface area contributed by atoms with Gasteiger partial charge in [0.25, 0.3) is 12.3 Å². The lowest BCUT2D eigenvalue weighted by atomic mass is 9.11. The maximum Gasteiger partial charge on any atom is 0.329 e. The van der Waals surface area contributed by atoms with E-state index < -0.39 is 92.1 Å². The van der Waals surface area contributed by atoms with Crippen molar-refractivity contribution < 1.29 is 32.6 Å². The van der Waals surface area contributed by atoms with Crippen molar-refractivity contribution in [1.29, 1.82) is 0 Å². The molecule has 5 aliphatic rings. The highest BCUT2D eigenvalue weighted by molar-refractivity contribution is 6.65. The van der Waals surface area contributed by atoms with Crippen LogP contribution >= 0.6 is 0 Å². The maximum atomic E-state index is 14.6. The molecule has 3 atom stereocenters. The minimum atomic E-state index is -3.06. The molecule has 1 saturated carbocycles. The Hall–Kier alpha value is -5.26. The van der Waals surface area contributed by atoms with Gasteiger partial charge in [-0.3, -0.25) is 33.5 Å². The number of imide groups is 1. The third kappa shape index (κ3) is 7.93. The first kappa shape index (κ1) is 52.2. The molecule has 352 valence electrons. The molecule has 2 bridgehead atoms. The molecule has 10 rings (SSSR count). The Morgan fingerprint density at radius 1 is 0.986 bits per heavy atom. The largest absolute Gasteiger partial charge is 0.374 e. The molecule has 22 radical (unpaired) electrons. The van der Waals surface area contributed by atoms with E-state index in [9.17, 15) is 28.0 Å². The molecule has 30 heteroatoms. The van der Waals surface area contributed by atoms with Crippen molar-refractivity contribution in [3.8, 4) is 11.8 Å². The summed E-state index contributed by atoms with van der Waals surface area (Å²) in [6.45, 7) is 0.637. The summed E-state index contributed by atoms with van der Waals surface area (Å²) in [6, 6.07) is 5.42. The Kier molecular flexibility index (Phi) is 12.8. The third-order valence-corrected chi connectivity index (χ3v) is 15.6. The molecule has 2 N–H and O–H groups in total. The zero-order chi connectivity index (χ0) is 53.2. The minimum Gasteiger partial charge on any atom is -0.374 e. The summed E-state index contributed by atoms with van der Waals surface area (Å²) in [5.74, 6) is 3.80. The number of hydrogen-bond donors (Lipinski definition) is 2. The van der Waals surface area contributed by atoms with Crippen LogP contribution in [0.1, 0.15) is 85.1 Å². The van der Waals surface area contributed by atoms with Gasteiger partial charge < -0.3 is 24.6 Å². The van der Waals surface area contributed by atoms with Crippen LogP contribution < -0.4 is 21.2 Å². The topological polar surface area (TPSA) is 175 Å². The van der Waals surface area contributed by atoms with E-state index in [1.807, 2.05) is 0 Å². The molecule has 8 heterocycles. The number of morpholine rings is 1. The molecule has 5 fully saturated rings. The number of likely N-dealkylation sites (tertiary alicyclic amines) is 1. The van der Waals surface area contributed by atoms with E-state index in [4.69, 9.17) is 101 Å². The number of fused-ring (bicyclic) bond motifs is 4. The number of carbonyl (C=O) groups is 3. The molecule has 5 aromatic rings. The summed E-state index contributed by atoms with van der Waals surface area (Å²) in [5, 5.41) is 0.388. The summed E-state index contributed by atoms with van der Waals surface area (Å²) < 4.78 is 46.2. The maximum absolute atomic E-state index is 14.6. The number of carbonyl (C=O) groups excluding carboxylic acids is 3. The molecular formula is C44H38B11F2N11O6. The SMILES string of the molecule is [B]C([B])(C1CCC(n2cc(NC(=O)c3cnn4ccc(N5C[C@H]6C[C@@H]5CO6)nc34)c(C(F)F)n2)CC1)N1C([B])([B])C([B])([B])C([B])(OCC#Cc2cccc3c2n(C)c(=O)n3C2CCC(=O)NC2=O)C([B])([B])C1([B])[B]. The van der Waals surface area contributed by atoms with Gasteiger partial charge in [0.1, 0.15) is 31.9 Å². The number of anilines is 2. The number of ether oxygens (including phenoxy) is 2. The zero-order valence-corrected chi connectivity index (χ0v) is 40.2. The van der Waals surface area contributed by atoms with Gasteiger partial charge in [0.15, 0.2) is 11.3 Å². The van der Waals surface area contributed by atoms with E-state index in [0.717, 1.165) is 11.3 Å². The second kappa shape index (κ2) is 18.2. The molecule has 4 saturated heterocycles. The monoisotopic (exact) mass is 975 g/mol. The number of rotatable bonds is 10. The number of aromatic nitrogens is 7. The number of aryl methyl sites for hydroxylation is 1. The Balaban J connectivity index is 0.838. The van der Waals surface area contributed by atoms with E-state index in [-0.39, 0.29) is 67.6 Å². The summed E-state index contributed by atoms with van der Waals surface area (Å²) >= 11 is 0. The summed E-state index contributed by atoms with van der Waals surface area (Å²) in [4.78, 5) is 59.4. The number of piperidine rings is 2. The lowest BCUT2D eigenvalue weighted by Gasteiger charge is -2.81. The fourth-order valence-corrected chi connectivity index (χ4v) is 11.4. The van der Waals surface area contributed by atoms with Crippen molar-refractivity contribution in [3.05, 3.63) is 70.2 Å². The predicted octanol–water partition coefficient (Wildman–Crippen LogP) is -1.42. The smallest absolute Gasteiger partial charge is 0.329 e. The fourth-order valence-electron chi connectivity index (χ4n) is 11.4. The lowest BCUT2D eigenvalue weighted by Crippen LogP contribution is -2.89. The Bertz CT molecular complexity index is 3210. The van der Waals surface area contributed by atoms with Crippen LogP contribution in [0.4, 0.5) is 20.3 Å². The molecule has 74 heavy (non-hydrogen) atoms. The molecule has 4 aliphatic heterocycles. The molecule has 0 spiro atoms. The quantitative estimate of drug-likeness (QED) is 0.0957. The first-order valence-corrected chi connectivity index (χ1v) is 23.8. The highest BCUT2D eigenvalue weighted by atomic mass is 19.3. The Morgan fingerprint density at radius 3 is 2.32 bits per heavy atom. The highest BCUT2D eigenvalue weighted by Crippen LogP contribution is 2.64. The van der Waals surface area contributed by atoms with Gasteiger partial charge in [-0.25, -0.2) is 23.1 Å². The summed E-state index contributed by atoms with van der Waals surface area (Å²) in [5.41, 5.74) is -2.68. The zero-order valence-electron chi connectivity index (χ0n) is 40.2. The number of benzene rings is 1. The average Bonchev–Trinajstić information content (AvgIpc) is 4.20. The number of nitrogens with zero attached hydrogens (tertiary/aromatic N) is 9. The van der Waals surface area contributed by atoms with Crippen LogP contribution in [0.15, 0.2) is 47.7 Å². The predicted molar refractivity (Wildman–Crippen MR) is 277 cm³/mol. The number of para-hydroxylation sites is 1. The molecule has 3 amide bonds. The van der Waals surface area contributed by atoms with Crippen LogP contribution in [0, 0.1) is 17.8 Å². The standard InChI is InChI=1S/C44H38B11F2N11O6/c1-63-33-21(4-2-6-28(33)67(38(63)72)29-11-12-31(69)61-37(29)71)5-3-15-74-42(51)40(47,48)43(52,53)68(44(54,55)41(42,49)50)39(45,46)22-7-9-23(10-8-22)66-19-27(32(62-66)34(56)57)59-36(70)26-17-58-65-14-13-30(60-35(26)65)64-18-25-16-24(64)20-73-25/h2,4,6,13-14,17,19,22-25,29,34H,7-12,15-16,18,20H2,1H3,(H,59,70)(H,61,69,71)/t22?,23?,24-,25-,29?/m1/s1. The minimum absolute atomic E-state index is 0.0522. The second-order valence-electron chi connectivity index (χ2n) is 20.1. The first-order chi connectivity index (χ1) is 34.7. The second-order valence-corrected chi connectivity index (χ2v) is 20.1. The first-order valence-electron chi connectivity index (χ1n) is 23.8. The average molecular weight is 974 g/mol. The van der Waals surface area contributed by atoms with Crippen LogP contribution in [-0.4, -0.2) is 196 Å². The Morgan fingerprint density at radius 2 is 1.69 bits per heavy atom. The van der Waals surface area contributed by atoms with Crippen LogP contribution in [0.5, 0.6) is 0 Å². The summed E-state index contributed by atoms with van der Waals surface area (Å²) in [7, 11) is 76.1. The number of halogens is 2. The number of imidazole rings is 1. The van der Waals surface area contributed by atoms with Gasteiger partial charge in [0, 0.05) is 37.9 Å². The van der Waals surface area contributed by atoms with Gasteiger partial charge in [-0.1, -0.05) is 44.3 Å². The van der Waals surface area contributed by atoms with E-state index in [1.165, 1.54) is 37.8 Å². The lowest BCUT2D eigenvalue weighted by molar-refractivity contribution is -0.135. The van der Waals surface area contributed by atoms with Gasteiger partial charge in [0.05, 0.1) is 132 Å². The van der Waals surface area contributed by atoms with Gasteiger partial charge >= 0.3 is 5.69 Å². The fraction of sp³-hybridized carbons (Fsp3) is 0.523. The normalized spacial score (nSPS) is 26.0. The van der Waals surface area contributed by atoms with E-state index in [1.54, 1.807) is 30.5 Å². The van der Waals surface area contributed by atoms with Gasteiger partial charge in [0.2, 0.25) is 11.8 Å². The van der Waals surface area contributed by atoms with E-state index in [2.05, 4.69) is 37.6 Å². The molecule has 1 aliphatic carbocycles. The van der Waals surface area contributed by atoms with Gasteiger partial charge in [-0.05, 0) is 62.6 Å². The molecule has 1 aromatic carbocycles. The van der Waals surface area contributed by atoms with Gasteiger partial charge in [-0.15, -0.1) is 0 Å². The van der Waals surface area contributed by atoms with Crippen LogP contribution in [0.25, 0.3) is 16.7 Å². The number of alkyl halides is 2. The van der Waals surface area contributed by atoms with Crippen molar-refractivity contribution in [1.82, 2.24) is 43.7 Å². The molecule has 4 aromatic heterocycles. The van der Waals surface area contributed by atoms with Crippen LogP contribution in [0.3, 0.4) is 0 Å². The highest BCUT2D eigenvalue weighted by Gasteiger charge is 2.69. The third-order valence-electron chi connectivity index (χ3n) is 15.6. The summed E-state index contributed by atoms with van der Waals surface area (Å²) in [6.07, 6.45) is 3.28. The van der Waals surface area contributed by atoms with Crippen molar-refractivity contribution in [3.63, 3.8) is 0 Å². The van der Waals surface area contributed by atoms with Crippen LogP contribution in [-0.2, 0) is 26.1 Å². The molecule has 1 unspecified atom stereocenters. The van der Waals surface area contributed by atoms with E-state index >= 15 is 0 Å². The number of nitrogens with one attached hydrogen (secondary N) is 2. The van der Waals surface area contributed by atoms with E-state index in [0.29, 0.717) is 35.6 Å². The van der Waals surface area contributed by atoms with Crippen LogP contribution in [0.2, 0.25) is 10.4 Å². The molecular weight excluding hydrogens is 935 g/mol. The number of amides is 3. The van der Waals surface area contributed by atoms with Crippen molar-refractivity contribution in [2.24, 2.45) is 13.0 Å². The van der Waals surface area contributed by atoms with Gasteiger partial charge in [-0.2, -0.15) is 10.2 Å². The Labute approximate surface area is 439 Å². The molecule has 17 nitrogen and oxygen atoms in total. The van der Waals surface area contributed by atoms with Crippen molar-refractivity contribution in [2.75, 3.05) is 30.0 Å². The van der Waals surface area contributed by atoms with Crippen molar-refractivity contribution >= 4 is 132 Å². The number of hydrogen-bond acceptors (Lipinski definition) is 11.